The molecular formula is C17H13BrFN5O3. The number of nitrogens with zero attached hydrogens (tertiary/aromatic N) is 3. The van der Waals surface area contributed by atoms with Gasteiger partial charge in [-0.25, -0.2) is 14.4 Å². The summed E-state index contributed by atoms with van der Waals surface area (Å²) in [6.45, 7) is 0. The summed E-state index contributed by atoms with van der Waals surface area (Å²) < 4.78 is 19.7. The van der Waals surface area contributed by atoms with Crippen LogP contribution >= 0.6 is 15.9 Å². The molecule has 3 aromatic rings. The number of hydrogen-bond acceptors (Lipinski definition) is 7. The standard InChI is InChI=1S/C17H13BrFN5O3/c1-27-12-4-2-3-11(8-12)22-16-15(24(25)26)17(21-9-20-16)23-14-6-5-10(18)7-13(14)19/h2-9H,1H3,(H2,20,21,22,23). The van der Waals surface area contributed by atoms with E-state index in [-0.39, 0.29) is 17.3 Å². The van der Waals surface area contributed by atoms with Crippen molar-refractivity contribution < 1.29 is 14.1 Å². The van der Waals surface area contributed by atoms with E-state index in [0.717, 1.165) is 6.33 Å². The van der Waals surface area contributed by atoms with Crippen LogP contribution in [0.25, 0.3) is 0 Å². The van der Waals surface area contributed by atoms with Crippen LogP contribution in [0.2, 0.25) is 0 Å². The van der Waals surface area contributed by atoms with Gasteiger partial charge in [0.1, 0.15) is 17.9 Å². The average Bonchev–Trinajstić information content (AvgIpc) is 2.64. The van der Waals surface area contributed by atoms with Crippen LogP contribution in [0.3, 0.4) is 0 Å². The van der Waals surface area contributed by atoms with E-state index in [1.54, 1.807) is 30.3 Å². The third kappa shape index (κ3) is 4.29. The number of rotatable bonds is 6. The Hall–Kier alpha value is -3.27. The fourth-order valence-electron chi connectivity index (χ4n) is 2.29. The Labute approximate surface area is 161 Å². The molecule has 0 spiro atoms. The third-order valence-corrected chi connectivity index (χ3v) is 4.01. The topological polar surface area (TPSA) is 102 Å². The lowest BCUT2D eigenvalue weighted by atomic mass is 10.3. The molecule has 2 aromatic carbocycles. The molecular weight excluding hydrogens is 421 g/mol. The van der Waals surface area contributed by atoms with Crippen molar-refractivity contribution in [2.24, 2.45) is 0 Å². The van der Waals surface area contributed by atoms with E-state index in [2.05, 4.69) is 36.5 Å². The van der Waals surface area contributed by atoms with Gasteiger partial charge in [0.05, 0.1) is 17.7 Å². The van der Waals surface area contributed by atoms with Crippen LogP contribution in [-0.4, -0.2) is 22.0 Å². The maximum atomic E-state index is 14.1. The van der Waals surface area contributed by atoms with Gasteiger partial charge in [-0.05, 0) is 30.3 Å². The summed E-state index contributed by atoms with van der Waals surface area (Å²) in [4.78, 5) is 18.8. The first-order valence-electron chi connectivity index (χ1n) is 7.60. The first-order chi connectivity index (χ1) is 13.0. The van der Waals surface area contributed by atoms with Gasteiger partial charge in [0.2, 0.25) is 11.6 Å². The van der Waals surface area contributed by atoms with Crippen LogP contribution in [0.1, 0.15) is 0 Å². The lowest BCUT2D eigenvalue weighted by Gasteiger charge is -2.11. The Morgan fingerprint density at radius 2 is 1.89 bits per heavy atom. The SMILES string of the molecule is COc1cccc(Nc2ncnc(Nc3ccc(Br)cc3F)c2[N+](=O)[O-])c1. The summed E-state index contributed by atoms with van der Waals surface area (Å²) in [6, 6.07) is 11.1. The molecule has 0 fully saturated rings. The Morgan fingerprint density at radius 1 is 1.15 bits per heavy atom. The second kappa shape index (κ2) is 7.96. The summed E-state index contributed by atoms with van der Waals surface area (Å²) in [5.41, 5.74) is 0.173. The van der Waals surface area contributed by atoms with Crippen LogP contribution in [0, 0.1) is 15.9 Å². The van der Waals surface area contributed by atoms with Gasteiger partial charge in [-0.15, -0.1) is 0 Å². The van der Waals surface area contributed by atoms with Gasteiger partial charge in [-0.2, -0.15) is 0 Å². The van der Waals surface area contributed by atoms with Gasteiger partial charge >= 0.3 is 5.69 Å². The van der Waals surface area contributed by atoms with E-state index >= 15 is 0 Å². The van der Waals surface area contributed by atoms with E-state index in [0.29, 0.717) is 15.9 Å². The fraction of sp³-hybridized carbons (Fsp3) is 0.0588. The highest BCUT2D eigenvalue weighted by atomic mass is 79.9. The second-order valence-electron chi connectivity index (χ2n) is 5.28. The van der Waals surface area contributed by atoms with Crippen LogP contribution in [0.15, 0.2) is 53.3 Å². The van der Waals surface area contributed by atoms with Crippen molar-refractivity contribution in [2.75, 3.05) is 17.7 Å². The Morgan fingerprint density at radius 3 is 2.56 bits per heavy atom. The van der Waals surface area contributed by atoms with Gasteiger partial charge in [0.15, 0.2) is 0 Å². The number of nitrogens with one attached hydrogen (secondary N) is 2. The quantitative estimate of drug-likeness (QED) is 0.425. The zero-order valence-electron chi connectivity index (χ0n) is 13.9. The molecule has 1 heterocycles. The summed E-state index contributed by atoms with van der Waals surface area (Å²) in [7, 11) is 1.51. The molecule has 8 nitrogen and oxygen atoms in total. The molecule has 0 amide bonds. The van der Waals surface area contributed by atoms with Crippen LogP contribution in [0.5, 0.6) is 5.75 Å². The van der Waals surface area contributed by atoms with E-state index in [1.807, 2.05) is 0 Å². The molecule has 0 aliphatic rings. The highest BCUT2D eigenvalue weighted by Crippen LogP contribution is 2.34. The molecule has 0 atom stereocenters. The number of aromatic nitrogens is 2. The molecule has 0 saturated heterocycles. The largest absolute Gasteiger partial charge is 0.497 e. The predicted molar refractivity (Wildman–Crippen MR) is 102 cm³/mol. The molecule has 10 heteroatoms. The molecule has 0 unspecified atom stereocenters. The molecule has 0 aliphatic heterocycles. The van der Waals surface area contributed by atoms with Crippen molar-refractivity contribution in [3.63, 3.8) is 0 Å². The summed E-state index contributed by atoms with van der Waals surface area (Å²) >= 11 is 3.16. The molecule has 3 rings (SSSR count). The highest BCUT2D eigenvalue weighted by molar-refractivity contribution is 9.10. The molecule has 0 radical (unpaired) electrons. The number of anilines is 4. The molecule has 1 aromatic heterocycles. The van der Waals surface area contributed by atoms with Gasteiger partial charge in [0, 0.05) is 16.2 Å². The Bertz CT molecular complexity index is 1000. The van der Waals surface area contributed by atoms with E-state index in [9.17, 15) is 14.5 Å². The molecule has 0 saturated carbocycles. The minimum atomic E-state index is -0.637. The van der Waals surface area contributed by atoms with Gasteiger partial charge in [-0.3, -0.25) is 10.1 Å². The number of methoxy groups -OCH3 is 1. The maximum absolute atomic E-state index is 14.1. The van der Waals surface area contributed by atoms with Crippen molar-refractivity contribution in [3.8, 4) is 5.75 Å². The van der Waals surface area contributed by atoms with E-state index in [4.69, 9.17) is 4.74 Å². The van der Waals surface area contributed by atoms with Crippen LogP contribution < -0.4 is 15.4 Å². The Kier molecular flexibility index (Phi) is 5.46. The maximum Gasteiger partial charge on any atom is 0.353 e. The summed E-state index contributed by atoms with van der Waals surface area (Å²) in [5, 5.41) is 17.1. The minimum absolute atomic E-state index is 0.0386. The van der Waals surface area contributed by atoms with Gasteiger partial charge in [-0.1, -0.05) is 22.0 Å². The van der Waals surface area contributed by atoms with Crippen LogP contribution in [0.4, 0.5) is 33.1 Å². The minimum Gasteiger partial charge on any atom is -0.497 e. The predicted octanol–water partition coefficient (Wildman–Crippen LogP) is 4.78. The first-order valence-corrected chi connectivity index (χ1v) is 8.40. The monoisotopic (exact) mass is 433 g/mol. The van der Waals surface area contributed by atoms with Crippen molar-refractivity contribution in [3.05, 3.63) is 69.2 Å². The van der Waals surface area contributed by atoms with Gasteiger partial charge in [0.25, 0.3) is 0 Å². The number of halogens is 2. The zero-order chi connectivity index (χ0) is 19.4. The molecule has 0 bridgehead atoms. The summed E-state index contributed by atoms with van der Waals surface area (Å²) in [6.07, 6.45) is 1.15. The molecule has 2 N–H and O–H groups in total. The zero-order valence-corrected chi connectivity index (χ0v) is 15.5. The Balaban J connectivity index is 1.98. The molecule has 27 heavy (non-hydrogen) atoms. The van der Waals surface area contributed by atoms with Crippen molar-refractivity contribution in [2.45, 2.75) is 0 Å². The average molecular weight is 434 g/mol. The van der Waals surface area contributed by atoms with Gasteiger partial charge < -0.3 is 15.4 Å². The van der Waals surface area contributed by atoms with Crippen molar-refractivity contribution >= 4 is 44.6 Å². The van der Waals surface area contributed by atoms with Crippen molar-refractivity contribution in [1.29, 1.82) is 0 Å². The number of ether oxygens (including phenoxy) is 1. The second-order valence-corrected chi connectivity index (χ2v) is 6.20. The number of nitro groups is 1. The lowest BCUT2D eigenvalue weighted by Crippen LogP contribution is -2.06. The molecule has 0 aliphatic carbocycles. The highest BCUT2D eigenvalue weighted by Gasteiger charge is 2.24. The third-order valence-electron chi connectivity index (χ3n) is 3.52. The lowest BCUT2D eigenvalue weighted by molar-refractivity contribution is -0.383. The normalized spacial score (nSPS) is 10.3. The van der Waals surface area contributed by atoms with E-state index in [1.165, 1.54) is 19.2 Å². The smallest absolute Gasteiger partial charge is 0.353 e. The van der Waals surface area contributed by atoms with Crippen LogP contribution in [-0.2, 0) is 0 Å². The van der Waals surface area contributed by atoms with Crippen molar-refractivity contribution in [1.82, 2.24) is 9.97 Å². The number of benzene rings is 2. The number of hydrogen-bond donors (Lipinski definition) is 2. The fourth-order valence-corrected chi connectivity index (χ4v) is 2.62. The molecule has 138 valence electrons. The first kappa shape index (κ1) is 18.5. The summed E-state index contributed by atoms with van der Waals surface area (Å²) in [5.74, 6) is -0.184. The van der Waals surface area contributed by atoms with E-state index < -0.39 is 16.4 Å².